The summed E-state index contributed by atoms with van der Waals surface area (Å²) in [5, 5.41) is 0. The van der Waals surface area contributed by atoms with Crippen LogP contribution in [0.1, 0.15) is 19.6 Å². The monoisotopic (exact) mass is 285 g/mol. The summed E-state index contributed by atoms with van der Waals surface area (Å²) in [5.41, 5.74) is 1.04. The van der Waals surface area contributed by atoms with E-state index in [1.807, 2.05) is 18.2 Å². The number of rotatable bonds is 6. The zero-order valence-corrected chi connectivity index (χ0v) is 12.3. The Labute approximate surface area is 124 Å². The molecule has 0 aliphatic heterocycles. The summed E-state index contributed by atoms with van der Waals surface area (Å²) >= 11 is 0. The highest BCUT2D eigenvalue weighted by atomic mass is 16.5. The second kappa shape index (κ2) is 7.33. The van der Waals surface area contributed by atoms with E-state index in [0.29, 0.717) is 11.5 Å². The second-order valence-electron chi connectivity index (χ2n) is 4.44. The SMILES string of the molecule is CCN(CC)c1cccc(OC(=O)/C=C/c2ccco2)c1. The van der Waals surface area contributed by atoms with Crippen LogP contribution in [0.25, 0.3) is 6.08 Å². The number of anilines is 1. The molecule has 110 valence electrons. The predicted molar refractivity (Wildman–Crippen MR) is 83.4 cm³/mol. The maximum absolute atomic E-state index is 11.8. The van der Waals surface area contributed by atoms with E-state index in [-0.39, 0.29) is 0 Å². The highest BCUT2D eigenvalue weighted by Gasteiger charge is 2.05. The molecular weight excluding hydrogens is 266 g/mol. The summed E-state index contributed by atoms with van der Waals surface area (Å²) < 4.78 is 10.4. The first kappa shape index (κ1) is 14.9. The number of hydrogen-bond acceptors (Lipinski definition) is 4. The summed E-state index contributed by atoms with van der Waals surface area (Å²) in [4.78, 5) is 14.0. The Morgan fingerprint density at radius 2 is 2.05 bits per heavy atom. The van der Waals surface area contributed by atoms with Crippen LogP contribution < -0.4 is 9.64 Å². The minimum atomic E-state index is -0.428. The molecule has 0 aliphatic carbocycles. The maximum Gasteiger partial charge on any atom is 0.336 e. The van der Waals surface area contributed by atoms with Gasteiger partial charge in [-0.1, -0.05) is 6.07 Å². The van der Waals surface area contributed by atoms with Gasteiger partial charge in [-0.2, -0.15) is 0 Å². The van der Waals surface area contributed by atoms with Gasteiger partial charge < -0.3 is 14.1 Å². The summed E-state index contributed by atoms with van der Waals surface area (Å²) in [7, 11) is 0. The van der Waals surface area contributed by atoms with Crippen LogP contribution in [0.3, 0.4) is 0 Å². The standard InChI is InChI=1S/C17H19NO3/c1-3-18(4-2)14-7-5-8-16(13-14)21-17(19)11-10-15-9-6-12-20-15/h5-13H,3-4H2,1-2H3/b11-10+. The molecule has 4 heteroatoms. The van der Waals surface area contributed by atoms with E-state index in [2.05, 4.69) is 18.7 Å². The molecule has 0 atom stereocenters. The van der Waals surface area contributed by atoms with Gasteiger partial charge in [0, 0.05) is 30.9 Å². The smallest absolute Gasteiger partial charge is 0.336 e. The average Bonchev–Trinajstić information content (AvgIpc) is 3.00. The van der Waals surface area contributed by atoms with Gasteiger partial charge >= 0.3 is 5.97 Å². The van der Waals surface area contributed by atoms with Crippen molar-refractivity contribution in [3.05, 3.63) is 54.5 Å². The van der Waals surface area contributed by atoms with Crippen LogP contribution >= 0.6 is 0 Å². The first-order chi connectivity index (χ1) is 10.2. The molecule has 1 heterocycles. The fourth-order valence-electron chi connectivity index (χ4n) is 2.02. The Kier molecular flexibility index (Phi) is 5.21. The van der Waals surface area contributed by atoms with E-state index in [1.165, 1.54) is 6.08 Å². The Bertz CT molecular complexity index is 598. The topological polar surface area (TPSA) is 42.7 Å². The van der Waals surface area contributed by atoms with Crippen LogP contribution in [-0.4, -0.2) is 19.1 Å². The lowest BCUT2D eigenvalue weighted by Gasteiger charge is -2.21. The first-order valence-electron chi connectivity index (χ1n) is 7.01. The van der Waals surface area contributed by atoms with Crippen LogP contribution in [0.2, 0.25) is 0 Å². The fraction of sp³-hybridized carbons (Fsp3) is 0.235. The number of carbonyl (C=O) groups excluding carboxylic acids is 1. The maximum atomic E-state index is 11.8. The van der Waals surface area contributed by atoms with Crippen molar-refractivity contribution < 1.29 is 13.9 Å². The van der Waals surface area contributed by atoms with Gasteiger partial charge in [-0.15, -0.1) is 0 Å². The van der Waals surface area contributed by atoms with E-state index >= 15 is 0 Å². The van der Waals surface area contributed by atoms with Crippen molar-refractivity contribution in [1.29, 1.82) is 0 Å². The average molecular weight is 285 g/mol. The van der Waals surface area contributed by atoms with Gasteiger partial charge in [-0.05, 0) is 44.2 Å². The molecule has 4 nitrogen and oxygen atoms in total. The summed E-state index contributed by atoms with van der Waals surface area (Å²) in [6.45, 7) is 6.00. The quantitative estimate of drug-likeness (QED) is 0.460. The molecule has 0 amide bonds. The number of esters is 1. The van der Waals surface area contributed by atoms with Gasteiger partial charge in [-0.25, -0.2) is 4.79 Å². The summed E-state index contributed by atoms with van der Waals surface area (Å²) in [6.07, 6.45) is 4.48. The molecular formula is C17H19NO3. The van der Waals surface area contributed by atoms with E-state index in [4.69, 9.17) is 9.15 Å². The molecule has 2 aromatic rings. The van der Waals surface area contributed by atoms with E-state index in [9.17, 15) is 4.79 Å². The zero-order chi connectivity index (χ0) is 15.1. The van der Waals surface area contributed by atoms with Gasteiger partial charge in [0.2, 0.25) is 0 Å². The molecule has 2 rings (SSSR count). The highest BCUT2D eigenvalue weighted by Crippen LogP contribution is 2.21. The molecule has 0 N–H and O–H groups in total. The Morgan fingerprint density at radius 1 is 1.24 bits per heavy atom. The molecule has 0 bridgehead atoms. The fourth-order valence-corrected chi connectivity index (χ4v) is 2.02. The molecule has 1 aromatic carbocycles. The van der Waals surface area contributed by atoms with Crippen molar-refractivity contribution in [2.75, 3.05) is 18.0 Å². The van der Waals surface area contributed by atoms with Gasteiger partial charge in [0.1, 0.15) is 11.5 Å². The van der Waals surface area contributed by atoms with Crippen LogP contribution in [-0.2, 0) is 4.79 Å². The number of benzene rings is 1. The lowest BCUT2D eigenvalue weighted by atomic mass is 10.2. The van der Waals surface area contributed by atoms with Crippen molar-refractivity contribution in [2.24, 2.45) is 0 Å². The minimum Gasteiger partial charge on any atom is -0.465 e. The van der Waals surface area contributed by atoms with Gasteiger partial charge in [-0.3, -0.25) is 0 Å². The highest BCUT2D eigenvalue weighted by molar-refractivity contribution is 5.88. The molecule has 0 aliphatic rings. The molecule has 0 saturated carbocycles. The van der Waals surface area contributed by atoms with Crippen LogP contribution in [0.4, 0.5) is 5.69 Å². The third kappa shape index (κ3) is 4.24. The Balaban J connectivity index is 2.02. The molecule has 0 fully saturated rings. The number of nitrogens with zero attached hydrogens (tertiary/aromatic N) is 1. The second-order valence-corrected chi connectivity index (χ2v) is 4.44. The Morgan fingerprint density at radius 3 is 2.71 bits per heavy atom. The van der Waals surface area contributed by atoms with E-state index in [0.717, 1.165) is 18.8 Å². The molecule has 0 radical (unpaired) electrons. The first-order valence-corrected chi connectivity index (χ1v) is 7.01. The van der Waals surface area contributed by atoms with E-state index in [1.54, 1.807) is 30.5 Å². The molecule has 21 heavy (non-hydrogen) atoms. The van der Waals surface area contributed by atoms with E-state index < -0.39 is 5.97 Å². The summed E-state index contributed by atoms with van der Waals surface area (Å²) in [6, 6.07) is 11.1. The molecule has 0 saturated heterocycles. The Hall–Kier alpha value is -2.49. The molecule has 1 aromatic heterocycles. The van der Waals surface area contributed by atoms with Crippen molar-refractivity contribution in [3.63, 3.8) is 0 Å². The zero-order valence-electron chi connectivity index (χ0n) is 12.3. The van der Waals surface area contributed by atoms with Crippen molar-refractivity contribution >= 4 is 17.7 Å². The number of ether oxygens (including phenoxy) is 1. The van der Waals surface area contributed by atoms with Gasteiger partial charge in [0.15, 0.2) is 0 Å². The van der Waals surface area contributed by atoms with Gasteiger partial charge in [0.05, 0.1) is 6.26 Å². The third-order valence-corrected chi connectivity index (χ3v) is 3.09. The van der Waals surface area contributed by atoms with Crippen molar-refractivity contribution in [3.8, 4) is 5.75 Å². The summed E-state index contributed by atoms with van der Waals surface area (Å²) in [5.74, 6) is 0.723. The van der Waals surface area contributed by atoms with Crippen LogP contribution in [0.5, 0.6) is 5.75 Å². The third-order valence-electron chi connectivity index (χ3n) is 3.09. The molecule has 0 spiro atoms. The van der Waals surface area contributed by atoms with Crippen LogP contribution in [0.15, 0.2) is 53.2 Å². The lowest BCUT2D eigenvalue weighted by Crippen LogP contribution is -2.21. The van der Waals surface area contributed by atoms with Crippen molar-refractivity contribution in [2.45, 2.75) is 13.8 Å². The lowest BCUT2D eigenvalue weighted by molar-refractivity contribution is -0.128. The molecule has 0 unspecified atom stereocenters. The van der Waals surface area contributed by atoms with Crippen LogP contribution in [0, 0.1) is 0 Å². The number of furan rings is 1. The number of carbonyl (C=O) groups is 1. The number of hydrogen-bond donors (Lipinski definition) is 0. The largest absolute Gasteiger partial charge is 0.465 e. The normalized spacial score (nSPS) is 10.8. The van der Waals surface area contributed by atoms with Crippen molar-refractivity contribution in [1.82, 2.24) is 0 Å². The minimum absolute atomic E-state index is 0.428. The van der Waals surface area contributed by atoms with Gasteiger partial charge in [0.25, 0.3) is 0 Å². The predicted octanol–water partition coefficient (Wildman–Crippen LogP) is 3.74.